The van der Waals surface area contributed by atoms with Gasteiger partial charge in [-0.05, 0) is 25.0 Å². The third-order valence-electron chi connectivity index (χ3n) is 3.68. The zero-order valence-corrected chi connectivity index (χ0v) is 10.9. The van der Waals surface area contributed by atoms with Crippen LogP contribution in [0.15, 0.2) is 24.3 Å². The lowest BCUT2D eigenvalue weighted by molar-refractivity contribution is 0.201. The van der Waals surface area contributed by atoms with Crippen LogP contribution in [0.4, 0.5) is 5.82 Å². The normalized spacial score (nSPS) is 17.9. The fourth-order valence-electron chi connectivity index (χ4n) is 2.53. The van der Waals surface area contributed by atoms with Crippen LogP contribution < -0.4 is 11.5 Å². The summed E-state index contributed by atoms with van der Waals surface area (Å²) in [6.45, 7) is 2.77. The van der Waals surface area contributed by atoms with Crippen LogP contribution in [0, 0.1) is 0 Å². The van der Waals surface area contributed by atoms with Crippen molar-refractivity contribution in [1.82, 2.24) is 14.9 Å². The van der Waals surface area contributed by atoms with Crippen molar-refractivity contribution in [2.75, 3.05) is 18.8 Å². The summed E-state index contributed by atoms with van der Waals surface area (Å²) in [5, 5.41) is 0.923. The molecule has 19 heavy (non-hydrogen) atoms. The maximum absolute atomic E-state index is 5.99. The van der Waals surface area contributed by atoms with Crippen molar-refractivity contribution in [3.63, 3.8) is 0 Å². The first kappa shape index (κ1) is 12.3. The summed E-state index contributed by atoms with van der Waals surface area (Å²) < 4.78 is 0. The molecule has 5 heteroatoms. The van der Waals surface area contributed by atoms with Gasteiger partial charge in [-0.2, -0.15) is 0 Å². The molecule has 0 spiro atoms. The summed E-state index contributed by atoms with van der Waals surface area (Å²) in [5.41, 5.74) is 12.8. The number of nitrogens with two attached hydrogens (primary N) is 2. The second-order valence-corrected chi connectivity index (χ2v) is 5.16. The van der Waals surface area contributed by atoms with E-state index in [0.29, 0.717) is 11.9 Å². The topological polar surface area (TPSA) is 81.1 Å². The number of likely N-dealkylation sites (tertiary alicyclic amines) is 1. The average molecular weight is 257 g/mol. The monoisotopic (exact) mass is 257 g/mol. The van der Waals surface area contributed by atoms with Gasteiger partial charge in [0.15, 0.2) is 0 Å². The van der Waals surface area contributed by atoms with Gasteiger partial charge in [-0.15, -0.1) is 0 Å². The van der Waals surface area contributed by atoms with Crippen LogP contribution in [-0.2, 0) is 6.54 Å². The van der Waals surface area contributed by atoms with Gasteiger partial charge in [0.25, 0.3) is 0 Å². The first-order chi connectivity index (χ1) is 9.22. The highest BCUT2D eigenvalue weighted by Gasteiger charge is 2.17. The molecule has 1 aliphatic rings. The number of hydrogen-bond acceptors (Lipinski definition) is 5. The first-order valence-electron chi connectivity index (χ1n) is 6.71. The SMILES string of the molecule is Nc1nc(CN2CCC(N)CC2)nc2ccccc12. The number of para-hydroxylation sites is 1. The van der Waals surface area contributed by atoms with E-state index in [1.807, 2.05) is 24.3 Å². The fourth-order valence-corrected chi connectivity index (χ4v) is 2.53. The van der Waals surface area contributed by atoms with Gasteiger partial charge in [0.2, 0.25) is 0 Å². The molecule has 3 rings (SSSR count). The summed E-state index contributed by atoms with van der Waals surface area (Å²) >= 11 is 0. The predicted octanol–water partition coefficient (Wildman–Crippen LogP) is 1.14. The van der Waals surface area contributed by atoms with Crippen molar-refractivity contribution in [2.24, 2.45) is 5.73 Å². The maximum atomic E-state index is 5.99. The zero-order valence-electron chi connectivity index (χ0n) is 10.9. The summed E-state index contributed by atoms with van der Waals surface area (Å²) in [4.78, 5) is 11.3. The fraction of sp³-hybridized carbons (Fsp3) is 0.429. The molecule has 2 heterocycles. The van der Waals surface area contributed by atoms with Gasteiger partial charge in [0.05, 0.1) is 12.1 Å². The van der Waals surface area contributed by atoms with E-state index in [1.54, 1.807) is 0 Å². The van der Waals surface area contributed by atoms with Crippen molar-refractivity contribution in [2.45, 2.75) is 25.4 Å². The van der Waals surface area contributed by atoms with Gasteiger partial charge in [-0.1, -0.05) is 12.1 Å². The minimum absolute atomic E-state index is 0.346. The minimum atomic E-state index is 0.346. The third kappa shape index (κ3) is 2.67. The van der Waals surface area contributed by atoms with Crippen LogP contribution in [-0.4, -0.2) is 34.0 Å². The Kier molecular flexibility index (Phi) is 3.31. The quantitative estimate of drug-likeness (QED) is 0.843. The number of benzene rings is 1. The molecule has 0 unspecified atom stereocenters. The first-order valence-corrected chi connectivity index (χ1v) is 6.71. The molecular weight excluding hydrogens is 238 g/mol. The summed E-state index contributed by atoms with van der Waals surface area (Å²) in [5.74, 6) is 1.36. The van der Waals surface area contributed by atoms with E-state index in [9.17, 15) is 0 Å². The zero-order chi connectivity index (χ0) is 13.2. The largest absolute Gasteiger partial charge is 0.383 e. The molecule has 1 fully saturated rings. The van der Waals surface area contributed by atoms with Crippen LogP contribution >= 0.6 is 0 Å². The van der Waals surface area contributed by atoms with Crippen molar-refractivity contribution >= 4 is 16.7 Å². The van der Waals surface area contributed by atoms with E-state index < -0.39 is 0 Å². The van der Waals surface area contributed by atoms with Gasteiger partial charge in [0, 0.05) is 24.5 Å². The molecule has 1 aliphatic heterocycles. The Labute approximate surface area is 112 Å². The van der Waals surface area contributed by atoms with Crippen molar-refractivity contribution < 1.29 is 0 Å². The number of nitrogens with zero attached hydrogens (tertiary/aromatic N) is 3. The number of anilines is 1. The van der Waals surface area contributed by atoms with Crippen LogP contribution in [0.25, 0.3) is 10.9 Å². The Morgan fingerprint density at radius 2 is 1.89 bits per heavy atom. The number of aromatic nitrogens is 2. The van der Waals surface area contributed by atoms with E-state index in [4.69, 9.17) is 11.5 Å². The Bertz CT molecular complexity index is 575. The van der Waals surface area contributed by atoms with E-state index in [0.717, 1.165) is 49.2 Å². The number of rotatable bonds is 2. The summed E-state index contributed by atoms with van der Waals surface area (Å²) in [7, 11) is 0. The number of fused-ring (bicyclic) bond motifs is 1. The lowest BCUT2D eigenvalue weighted by atomic mass is 10.1. The number of piperidine rings is 1. The van der Waals surface area contributed by atoms with Gasteiger partial charge < -0.3 is 11.5 Å². The molecule has 0 aliphatic carbocycles. The van der Waals surface area contributed by atoms with Crippen molar-refractivity contribution in [3.8, 4) is 0 Å². The molecule has 2 aromatic rings. The maximum Gasteiger partial charge on any atom is 0.145 e. The van der Waals surface area contributed by atoms with Crippen LogP contribution in [0.1, 0.15) is 18.7 Å². The third-order valence-corrected chi connectivity index (χ3v) is 3.68. The van der Waals surface area contributed by atoms with Crippen LogP contribution in [0.2, 0.25) is 0 Å². The van der Waals surface area contributed by atoms with Gasteiger partial charge in [-0.25, -0.2) is 9.97 Å². The van der Waals surface area contributed by atoms with Crippen molar-refractivity contribution in [1.29, 1.82) is 0 Å². The van der Waals surface area contributed by atoms with Gasteiger partial charge >= 0.3 is 0 Å². The molecule has 100 valence electrons. The molecule has 5 nitrogen and oxygen atoms in total. The predicted molar refractivity (Wildman–Crippen MR) is 76.4 cm³/mol. The molecule has 4 N–H and O–H groups in total. The molecule has 0 saturated carbocycles. The Morgan fingerprint density at radius 3 is 2.68 bits per heavy atom. The molecule has 0 amide bonds. The molecule has 1 aromatic heterocycles. The summed E-state index contributed by atoms with van der Waals surface area (Å²) in [6.07, 6.45) is 2.09. The van der Waals surface area contributed by atoms with Crippen LogP contribution in [0.3, 0.4) is 0 Å². The lowest BCUT2D eigenvalue weighted by Crippen LogP contribution is -2.39. The van der Waals surface area contributed by atoms with Gasteiger partial charge in [-0.3, -0.25) is 4.90 Å². The van der Waals surface area contributed by atoms with E-state index in [1.165, 1.54) is 0 Å². The lowest BCUT2D eigenvalue weighted by Gasteiger charge is -2.29. The van der Waals surface area contributed by atoms with E-state index >= 15 is 0 Å². The standard InChI is InChI=1S/C14H19N5/c15-10-5-7-19(8-6-10)9-13-17-12-4-2-1-3-11(12)14(16)18-13/h1-4,10H,5-9,15H2,(H2,16,17,18). The second kappa shape index (κ2) is 5.11. The second-order valence-electron chi connectivity index (χ2n) is 5.16. The molecular formula is C14H19N5. The van der Waals surface area contributed by atoms with Crippen LogP contribution in [0.5, 0.6) is 0 Å². The molecule has 1 aromatic carbocycles. The Hall–Kier alpha value is -1.72. The molecule has 1 saturated heterocycles. The molecule has 0 radical (unpaired) electrons. The highest BCUT2D eigenvalue weighted by molar-refractivity contribution is 5.87. The highest BCUT2D eigenvalue weighted by atomic mass is 15.2. The van der Waals surface area contributed by atoms with Gasteiger partial charge in [0.1, 0.15) is 11.6 Å². The number of hydrogen-bond donors (Lipinski definition) is 2. The average Bonchev–Trinajstić information content (AvgIpc) is 2.42. The van der Waals surface area contributed by atoms with E-state index in [-0.39, 0.29) is 0 Å². The summed E-state index contributed by atoms with van der Waals surface area (Å²) in [6, 6.07) is 8.20. The molecule has 0 bridgehead atoms. The smallest absolute Gasteiger partial charge is 0.145 e. The Morgan fingerprint density at radius 1 is 1.16 bits per heavy atom. The number of nitrogen functional groups attached to an aromatic ring is 1. The van der Waals surface area contributed by atoms with Crippen molar-refractivity contribution in [3.05, 3.63) is 30.1 Å². The Balaban J connectivity index is 1.81. The molecule has 0 atom stereocenters. The minimum Gasteiger partial charge on any atom is -0.383 e. The highest BCUT2D eigenvalue weighted by Crippen LogP contribution is 2.18. The van der Waals surface area contributed by atoms with E-state index in [2.05, 4.69) is 14.9 Å².